The van der Waals surface area contributed by atoms with Crippen molar-refractivity contribution in [1.82, 2.24) is 5.32 Å². The first-order valence-corrected chi connectivity index (χ1v) is 6.35. The molecule has 1 N–H and O–H groups in total. The van der Waals surface area contributed by atoms with Crippen molar-refractivity contribution in [3.05, 3.63) is 41.4 Å². The highest BCUT2D eigenvalue weighted by Crippen LogP contribution is 2.27. The van der Waals surface area contributed by atoms with Gasteiger partial charge >= 0.3 is 0 Å². The third-order valence-corrected chi connectivity index (χ3v) is 3.55. The summed E-state index contributed by atoms with van der Waals surface area (Å²) in [5.41, 5.74) is 1.20. The van der Waals surface area contributed by atoms with Crippen molar-refractivity contribution in [3.63, 3.8) is 0 Å². The van der Waals surface area contributed by atoms with E-state index in [2.05, 4.69) is 18.8 Å². The minimum Gasteiger partial charge on any atom is -0.313 e. The van der Waals surface area contributed by atoms with Gasteiger partial charge in [0.1, 0.15) is 0 Å². The van der Waals surface area contributed by atoms with Gasteiger partial charge in [0.2, 0.25) is 0 Å². The lowest BCUT2D eigenvalue weighted by Gasteiger charge is -2.07. The van der Waals surface area contributed by atoms with Gasteiger partial charge in [-0.25, -0.2) is 0 Å². The van der Waals surface area contributed by atoms with Crippen LogP contribution in [0, 0.1) is 0 Å². The zero-order chi connectivity index (χ0) is 11.1. The lowest BCUT2D eigenvalue weighted by molar-refractivity contribution is 0.779. The predicted octanol–water partition coefficient (Wildman–Crippen LogP) is 3.60. The van der Waals surface area contributed by atoms with Crippen molar-refractivity contribution in [2.45, 2.75) is 11.8 Å². The van der Waals surface area contributed by atoms with Crippen LogP contribution in [0.5, 0.6) is 0 Å². The van der Waals surface area contributed by atoms with Crippen molar-refractivity contribution in [3.8, 4) is 0 Å². The number of nitrogens with one attached hydrogen (secondary N) is 1. The lowest BCUT2D eigenvalue weighted by Crippen LogP contribution is -2.16. The van der Waals surface area contributed by atoms with Gasteiger partial charge in [0.25, 0.3) is 0 Å². The molecule has 0 spiro atoms. The molecule has 0 saturated heterocycles. The fourth-order valence-electron chi connectivity index (χ4n) is 1.09. The zero-order valence-corrected chi connectivity index (χ0v) is 10.5. The summed E-state index contributed by atoms with van der Waals surface area (Å²) in [7, 11) is 0. The molecule has 3 heteroatoms. The molecule has 15 heavy (non-hydrogen) atoms. The standard InChI is InChI=1S/C12H16ClNS/c1-3-14-8-10(2)9-15-12-7-5-4-6-11(12)13/h4-7,14H,2-3,8-9H2,1H3. The molecular weight excluding hydrogens is 226 g/mol. The smallest absolute Gasteiger partial charge is 0.0541 e. The predicted molar refractivity (Wildman–Crippen MR) is 69.9 cm³/mol. The first-order chi connectivity index (χ1) is 7.24. The number of benzene rings is 1. The van der Waals surface area contributed by atoms with E-state index in [0.717, 1.165) is 28.8 Å². The maximum Gasteiger partial charge on any atom is 0.0541 e. The Morgan fingerprint density at radius 3 is 2.87 bits per heavy atom. The van der Waals surface area contributed by atoms with Crippen molar-refractivity contribution >= 4 is 23.4 Å². The highest BCUT2D eigenvalue weighted by Gasteiger charge is 2.00. The van der Waals surface area contributed by atoms with Gasteiger partial charge in [0.05, 0.1) is 5.02 Å². The molecule has 0 fully saturated rings. The second-order valence-electron chi connectivity index (χ2n) is 3.25. The molecule has 0 aliphatic heterocycles. The van der Waals surface area contributed by atoms with Crippen LogP contribution in [0.3, 0.4) is 0 Å². The number of thioether (sulfide) groups is 1. The van der Waals surface area contributed by atoms with Gasteiger partial charge in [-0.05, 0) is 18.7 Å². The highest BCUT2D eigenvalue weighted by molar-refractivity contribution is 7.99. The van der Waals surface area contributed by atoms with E-state index in [-0.39, 0.29) is 0 Å². The second-order valence-corrected chi connectivity index (χ2v) is 4.67. The molecule has 1 aromatic rings. The molecule has 0 atom stereocenters. The van der Waals surface area contributed by atoms with E-state index in [9.17, 15) is 0 Å². The fraction of sp³-hybridized carbons (Fsp3) is 0.333. The molecule has 0 bridgehead atoms. The van der Waals surface area contributed by atoms with Crippen molar-refractivity contribution in [2.75, 3.05) is 18.8 Å². The summed E-state index contributed by atoms with van der Waals surface area (Å²) >= 11 is 7.78. The van der Waals surface area contributed by atoms with E-state index in [1.807, 2.05) is 24.3 Å². The van der Waals surface area contributed by atoms with Crippen LogP contribution in [0.15, 0.2) is 41.3 Å². The Hall–Kier alpha value is -0.440. The summed E-state index contributed by atoms with van der Waals surface area (Å²) in [6, 6.07) is 7.89. The topological polar surface area (TPSA) is 12.0 Å². The number of hydrogen-bond donors (Lipinski definition) is 1. The summed E-state index contributed by atoms with van der Waals surface area (Å²) in [5, 5.41) is 4.07. The molecule has 1 rings (SSSR count). The Balaban J connectivity index is 2.37. The molecule has 0 heterocycles. The normalized spacial score (nSPS) is 10.3. The number of halogens is 1. The van der Waals surface area contributed by atoms with Crippen molar-refractivity contribution in [2.24, 2.45) is 0 Å². The van der Waals surface area contributed by atoms with E-state index in [1.54, 1.807) is 11.8 Å². The molecule has 82 valence electrons. The minimum absolute atomic E-state index is 0.818. The van der Waals surface area contributed by atoms with Gasteiger partial charge in [0.15, 0.2) is 0 Å². The Morgan fingerprint density at radius 1 is 1.47 bits per heavy atom. The molecule has 1 nitrogen and oxygen atoms in total. The number of likely N-dealkylation sites (N-methyl/N-ethyl adjacent to an activating group) is 1. The van der Waals surface area contributed by atoms with E-state index >= 15 is 0 Å². The minimum atomic E-state index is 0.818. The monoisotopic (exact) mass is 241 g/mol. The van der Waals surface area contributed by atoms with Crippen LogP contribution in [0.1, 0.15) is 6.92 Å². The van der Waals surface area contributed by atoms with E-state index in [1.165, 1.54) is 5.57 Å². The molecule has 0 aromatic heterocycles. The van der Waals surface area contributed by atoms with Crippen LogP contribution < -0.4 is 5.32 Å². The molecule has 0 saturated carbocycles. The molecule has 0 radical (unpaired) electrons. The van der Waals surface area contributed by atoms with Gasteiger partial charge in [-0.2, -0.15) is 0 Å². The van der Waals surface area contributed by atoms with Crippen LogP contribution in [-0.4, -0.2) is 18.8 Å². The summed E-state index contributed by atoms with van der Waals surface area (Å²) < 4.78 is 0. The van der Waals surface area contributed by atoms with Crippen LogP contribution in [-0.2, 0) is 0 Å². The quantitative estimate of drug-likeness (QED) is 0.603. The SMILES string of the molecule is C=C(CNCC)CSc1ccccc1Cl. The molecule has 0 aliphatic rings. The van der Waals surface area contributed by atoms with E-state index in [4.69, 9.17) is 11.6 Å². The average Bonchev–Trinajstić information content (AvgIpc) is 2.25. The summed E-state index contributed by atoms with van der Waals surface area (Å²) in [6.07, 6.45) is 0. The molecule has 1 aromatic carbocycles. The Morgan fingerprint density at radius 2 is 2.20 bits per heavy atom. The largest absolute Gasteiger partial charge is 0.313 e. The van der Waals surface area contributed by atoms with Crippen molar-refractivity contribution < 1.29 is 0 Å². The first kappa shape index (κ1) is 12.6. The summed E-state index contributed by atoms with van der Waals surface area (Å²) in [5.74, 6) is 0.913. The van der Waals surface area contributed by atoms with Gasteiger partial charge in [-0.15, -0.1) is 11.8 Å². The van der Waals surface area contributed by atoms with Crippen LogP contribution in [0.2, 0.25) is 5.02 Å². The summed E-state index contributed by atoms with van der Waals surface area (Å²) in [6.45, 7) is 7.97. The average molecular weight is 242 g/mol. The molecule has 0 amide bonds. The van der Waals surface area contributed by atoms with Gasteiger partial charge < -0.3 is 5.32 Å². The zero-order valence-electron chi connectivity index (χ0n) is 8.92. The third-order valence-electron chi connectivity index (χ3n) is 1.89. The highest BCUT2D eigenvalue weighted by atomic mass is 35.5. The lowest BCUT2D eigenvalue weighted by atomic mass is 10.3. The Labute approximate surface area is 101 Å². The maximum absolute atomic E-state index is 6.05. The van der Waals surface area contributed by atoms with Crippen molar-refractivity contribution in [1.29, 1.82) is 0 Å². The molecule has 0 unspecified atom stereocenters. The second kappa shape index (κ2) is 6.94. The van der Waals surface area contributed by atoms with Gasteiger partial charge in [-0.3, -0.25) is 0 Å². The third kappa shape index (κ3) is 4.74. The van der Waals surface area contributed by atoms with Gasteiger partial charge in [-0.1, -0.05) is 42.8 Å². The fourth-order valence-corrected chi connectivity index (χ4v) is 2.24. The molecule has 0 aliphatic carbocycles. The Bertz CT molecular complexity index is 325. The Kier molecular flexibility index (Phi) is 5.84. The van der Waals surface area contributed by atoms with E-state index in [0.29, 0.717) is 0 Å². The van der Waals surface area contributed by atoms with Crippen LogP contribution in [0.25, 0.3) is 0 Å². The first-order valence-electron chi connectivity index (χ1n) is 4.98. The number of rotatable bonds is 6. The maximum atomic E-state index is 6.05. The van der Waals surface area contributed by atoms with Crippen LogP contribution >= 0.6 is 23.4 Å². The van der Waals surface area contributed by atoms with Crippen LogP contribution in [0.4, 0.5) is 0 Å². The molecular formula is C12H16ClNS. The van der Waals surface area contributed by atoms with Gasteiger partial charge in [0, 0.05) is 17.2 Å². The summed E-state index contributed by atoms with van der Waals surface area (Å²) in [4.78, 5) is 1.12. The number of hydrogen-bond acceptors (Lipinski definition) is 2. The van der Waals surface area contributed by atoms with E-state index < -0.39 is 0 Å².